The fourth-order valence-electron chi connectivity index (χ4n) is 2.96. The van der Waals surface area contributed by atoms with Crippen LogP contribution in [0.25, 0.3) is 0 Å². The molecule has 1 amide bonds. The first-order valence-electron chi connectivity index (χ1n) is 9.70. The number of hydrogen-bond donors (Lipinski definition) is 1. The highest BCUT2D eigenvalue weighted by atomic mass is 35.5. The molecule has 164 valence electrons. The van der Waals surface area contributed by atoms with Crippen molar-refractivity contribution in [3.63, 3.8) is 0 Å². The van der Waals surface area contributed by atoms with Crippen LogP contribution in [-0.4, -0.2) is 31.4 Å². The van der Waals surface area contributed by atoms with Gasteiger partial charge in [0.15, 0.2) is 5.76 Å². The Balaban J connectivity index is 1.66. The van der Waals surface area contributed by atoms with Gasteiger partial charge in [-0.1, -0.05) is 41.4 Å². The van der Waals surface area contributed by atoms with Gasteiger partial charge in [0.25, 0.3) is 5.91 Å². The first kappa shape index (κ1) is 23.1. The van der Waals surface area contributed by atoms with Crippen LogP contribution in [0.1, 0.15) is 34.3 Å². The molecule has 8 heteroatoms. The van der Waals surface area contributed by atoms with Gasteiger partial charge in [-0.3, -0.25) is 4.79 Å². The topological polar surface area (TPSA) is 54.7 Å². The molecule has 1 N–H and O–H groups in total. The van der Waals surface area contributed by atoms with Gasteiger partial charge in [0, 0.05) is 0 Å². The number of nitrogens with zero attached hydrogens (tertiary/aromatic N) is 1. The molecule has 0 bridgehead atoms. The Bertz CT molecular complexity index is 1020. The number of furan rings is 1. The number of rotatable bonds is 9. The molecule has 31 heavy (non-hydrogen) atoms. The summed E-state index contributed by atoms with van der Waals surface area (Å²) in [5, 5.41) is 3.68. The van der Waals surface area contributed by atoms with Crippen LogP contribution in [0.3, 0.4) is 0 Å². The normalized spacial score (nSPS) is 12.1. The summed E-state index contributed by atoms with van der Waals surface area (Å²) in [7, 11) is 3.91. The smallest absolute Gasteiger partial charge is 0.287 e. The van der Waals surface area contributed by atoms with Crippen molar-refractivity contribution in [1.29, 1.82) is 0 Å². The third kappa shape index (κ3) is 6.47. The summed E-state index contributed by atoms with van der Waals surface area (Å²) < 4.78 is 24.6. The molecule has 0 saturated heterocycles. The summed E-state index contributed by atoms with van der Waals surface area (Å²) in [6.07, 6.45) is 0.661. The second-order valence-corrected chi connectivity index (χ2v) is 8.06. The van der Waals surface area contributed by atoms with E-state index in [0.717, 1.165) is 12.1 Å². The molecule has 0 saturated carbocycles. The summed E-state index contributed by atoms with van der Waals surface area (Å²) in [6, 6.07) is 14.2. The molecule has 0 fully saturated rings. The van der Waals surface area contributed by atoms with E-state index in [-0.39, 0.29) is 30.1 Å². The number of nitrogens with one attached hydrogen (secondary N) is 1. The minimum Gasteiger partial charge on any atom is -0.484 e. The van der Waals surface area contributed by atoms with E-state index in [1.165, 1.54) is 12.1 Å². The molecule has 5 nitrogen and oxygen atoms in total. The lowest BCUT2D eigenvalue weighted by Crippen LogP contribution is -2.30. The van der Waals surface area contributed by atoms with Crippen LogP contribution in [0.2, 0.25) is 10.0 Å². The van der Waals surface area contributed by atoms with E-state index in [1.807, 2.05) is 19.0 Å². The SMILES string of the molecule is CN(C)CCC(NC(=O)c1ccc(COc2cccc(Cl)c2Cl)o1)c1ccc(F)cc1. The fourth-order valence-corrected chi connectivity index (χ4v) is 3.30. The van der Waals surface area contributed by atoms with E-state index in [1.54, 1.807) is 42.5 Å². The summed E-state index contributed by atoms with van der Waals surface area (Å²) in [4.78, 5) is 14.8. The molecule has 2 aromatic carbocycles. The van der Waals surface area contributed by atoms with Crippen LogP contribution in [-0.2, 0) is 6.61 Å². The molecule has 0 aliphatic carbocycles. The molecule has 1 aromatic heterocycles. The molecular weight excluding hydrogens is 442 g/mol. The van der Waals surface area contributed by atoms with Crippen molar-refractivity contribution >= 4 is 29.1 Å². The van der Waals surface area contributed by atoms with Crippen molar-refractivity contribution in [3.8, 4) is 5.75 Å². The average Bonchev–Trinajstić information content (AvgIpc) is 3.22. The van der Waals surface area contributed by atoms with E-state index in [4.69, 9.17) is 32.4 Å². The summed E-state index contributed by atoms with van der Waals surface area (Å²) in [6.45, 7) is 0.843. The summed E-state index contributed by atoms with van der Waals surface area (Å²) >= 11 is 12.1. The number of ether oxygens (including phenoxy) is 1. The Morgan fingerprint density at radius 1 is 1.13 bits per heavy atom. The van der Waals surface area contributed by atoms with Gasteiger partial charge in [-0.2, -0.15) is 0 Å². The maximum absolute atomic E-state index is 13.3. The number of hydrogen-bond acceptors (Lipinski definition) is 4. The molecule has 0 radical (unpaired) electrons. The molecular formula is C23H23Cl2FN2O3. The van der Waals surface area contributed by atoms with Crippen molar-refractivity contribution in [2.75, 3.05) is 20.6 Å². The summed E-state index contributed by atoms with van der Waals surface area (Å²) in [5.41, 5.74) is 0.822. The monoisotopic (exact) mass is 464 g/mol. The van der Waals surface area contributed by atoms with Gasteiger partial charge in [-0.25, -0.2) is 4.39 Å². The number of amides is 1. The zero-order valence-corrected chi connectivity index (χ0v) is 18.7. The van der Waals surface area contributed by atoms with Crippen LogP contribution in [0, 0.1) is 5.82 Å². The Morgan fingerprint density at radius 2 is 1.87 bits per heavy atom. The third-order valence-electron chi connectivity index (χ3n) is 4.61. The highest BCUT2D eigenvalue weighted by Gasteiger charge is 2.19. The lowest BCUT2D eigenvalue weighted by atomic mass is 10.0. The van der Waals surface area contributed by atoms with Crippen LogP contribution in [0.5, 0.6) is 5.75 Å². The van der Waals surface area contributed by atoms with E-state index < -0.39 is 0 Å². The van der Waals surface area contributed by atoms with Gasteiger partial charge < -0.3 is 19.4 Å². The van der Waals surface area contributed by atoms with E-state index in [9.17, 15) is 9.18 Å². The summed E-state index contributed by atoms with van der Waals surface area (Å²) in [5.74, 6) is 0.370. The molecule has 0 aliphatic heterocycles. The van der Waals surface area contributed by atoms with Crippen molar-refractivity contribution in [2.24, 2.45) is 0 Å². The maximum Gasteiger partial charge on any atom is 0.287 e. The maximum atomic E-state index is 13.3. The third-order valence-corrected chi connectivity index (χ3v) is 5.42. The second kappa shape index (κ2) is 10.7. The molecule has 0 aliphatic rings. The van der Waals surface area contributed by atoms with Crippen LogP contribution in [0.4, 0.5) is 4.39 Å². The highest BCUT2D eigenvalue weighted by molar-refractivity contribution is 6.42. The zero-order valence-electron chi connectivity index (χ0n) is 17.2. The Hall–Kier alpha value is -2.54. The van der Waals surface area contributed by atoms with Gasteiger partial charge in [-0.05, 0) is 69.0 Å². The number of carbonyl (C=O) groups excluding carboxylic acids is 1. The lowest BCUT2D eigenvalue weighted by Gasteiger charge is -2.21. The van der Waals surface area contributed by atoms with Gasteiger partial charge in [0.1, 0.15) is 29.0 Å². The molecule has 3 aromatic rings. The first-order chi connectivity index (χ1) is 14.8. The Kier molecular flexibility index (Phi) is 7.96. The zero-order chi connectivity index (χ0) is 22.4. The number of carbonyl (C=O) groups is 1. The lowest BCUT2D eigenvalue weighted by molar-refractivity contribution is 0.0900. The molecule has 1 heterocycles. The highest BCUT2D eigenvalue weighted by Crippen LogP contribution is 2.32. The fraction of sp³-hybridized carbons (Fsp3) is 0.261. The Morgan fingerprint density at radius 3 is 2.58 bits per heavy atom. The number of halogens is 3. The standard InChI is InChI=1S/C23H23Cl2FN2O3/c1-28(2)13-12-19(15-6-8-16(26)9-7-15)27-23(29)21-11-10-17(31-21)14-30-20-5-3-4-18(24)22(20)25/h3-11,19H,12-14H2,1-2H3,(H,27,29). The van der Waals surface area contributed by atoms with Crippen LogP contribution in [0.15, 0.2) is 59.0 Å². The van der Waals surface area contributed by atoms with E-state index in [0.29, 0.717) is 28.0 Å². The van der Waals surface area contributed by atoms with Crippen LogP contribution < -0.4 is 10.1 Å². The predicted octanol–water partition coefficient (Wildman–Crippen LogP) is 5.73. The predicted molar refractivity (Wildman–Crippen MR) is 119 cm³/mol. The quantitative estimate of drug-likeness (QED) is 0.439. The number of benzene rings is 2. The minimum atomic E-state index is -0.361. The second-order valence-electron chi connectivity index (χ2n) is 7.28. The largest absolute Gasteiger partial charge is 0.484 e. The first-order valence-corrected chi connectivity index (χ1v) is 10.5. The van der Waals surface area contributed by atoms with Crippen molar-refractivity contribution in [2.45, 2.75) is 19.1 Å². The van der Waals surface area contributed by atoms with Gasteiger partial charge >= 0.3 is 0 Å². The van der Waals surface area contributed by atoms with Gasteiger partial charge in [-0.15, -0.1) is 0 Å². The van der Waals surface area contributed by atoms with Gasteiger partial charge in [0.2, 0.25) is 0 Å². The average molecular weight is 465 g/mol. The molecule has 1 unspecified atom stereocenters. The van der Waals surface area contributed by atoms with Gasteiger partial charge in [0.05, 0.1) is 11.1 Å². The van der Waals surface area contributed by atoms with Crippen LogP contribution >= 0.6 is 23.2 Å². The van der Waals surface area contributed by atoms with Crippen molar-refractivity contribution in [1.82, 2.24) is 10.2 Å². The van der Waals surface area contributed by atoms with Crippen molar-refractivity contribution < 1.29 is 18.3 Å². The van der Waals surface area contributed by atoms with E-state index in [2.05, 4.69) is 5.32 Å². The molecule has 0 spiro atoms. The Labute approximate surface area is 190 Å². The molecule has 1 atom stereocenters. The minimum absolute atomic E-state index is 0.0926. The van der Waals surface area contributed by atoms with Crippen molar-refractivity contribution in [3.05, 3.63) is 87.5 Å². The molecule has 3 rings (SSSR count). The van der Waals surface area contributed by atoms with E-state index >= 15 is 0 Å².